The van der Waals surface area contributed by atoms with Gasteiger partial charge in [-0.3, -0.25) is 15.0 Å². The number of nitrogens with two attached hydrogens (primary N) is 1. The number of anilines is 1. The van der Waals surface area contributed by atoms with Gasteiger partial charge in [-0.15, -0.1) is 12.4 Å². The first-order valence-corrected chi connectivity index (χ1v) is 9.94. The van der Waals surface area contributed by atoms with Gasteiger partial charge in [0.2, 0.25) is 11.8 Å². The third kappa shape index (κ3) is 6.44. The van der Waals surface area contributed by atoms with Crippen molar-refractivity contribution >= 4 is 35.7 Å². The van der Waals surface area contributed by atoms with Gasteiger partial charge < -0.3 is 26.8 Å². The minimum absolute atomic E-state index is 0. The van der Waals surface area contributed by atoms with Crippen LogP contribution in [0.1, 0.15) is 35.6 Å². The zero-order chi connectivity index (χ0) is 21.5. The molecule has 3 rings (SSSR count). The molecule has 0 saturated heterocycles. The fourth-order valence-corrected chi connectivity index (χ4v) is 3.61. The molecule has 2 atom stereocenters. The van der Waals surface area contributed by atoms with Gasteiger partial charge in [-0.2, -0.15) is 0 Å². The van der Waals surface area contributed by atoms with Crippen LogP contribution in [0.5, 0.6) is 0 Å². The summed E-state index contributed by atoms with van der Waals surface area (Å²) in [4.78, 5) is 24.8. The Bertz CT molecular complexity index is 937. The van der Waals surface area contributed by atoms with Crippen LogP contribution in [0.2, 0.25) is 0 Å². The minimum atomic E-state index is -0.935. The summed E-state index contributed by atoms with van der Waals surface area (Å²) in [5.41, 5.74) is 8.90. The van der Waals surface area contributed by atoms with Gasteiger partial charge in [-0.05, 0) is 42.5 Å². The minimum Gasteiger partial charge on any atom is -0.394 e. The Labute approximate surface area is 187 Å². The van der Waals surface area contributed by atoms with Crippen LogP contribution in [-0.2, 0) is 16.0 Å². The number of fused-ring (bicyclic) bond motifs is 1. The number of aliphatic hydroxyl groups is 1. The molecule has 0 radical (unpaired) electrons. The molecule has 2 aromatic rings. The SMILES string of the molecule is Cl.N=C(N)c1cccc(NC(CO)C(=O)NCC(=O)NC2CCCc3ccccc32)c1. The van der Waals surface area contributed by atoms with E-state index in [1.807, 2.05) is 18.2 Å². The topological polar surface area (TPSA) is 140 Å². The van der Waals surface area contributed by atoms with Crippen molar-refractivity contribution in [2.24, 2.45) is 5.73 Å². The number of halogens is 1. The average Bonchev–Trinajstić information content (AvgIpc) is 2.76. The Morgan fingerprint density at radius 3 is 2.71 bits per heavy atom. The number of hydrogen-bond donors (Lipinski definition) is 6. The molecule has 1 aliphatic rings. The second kappa shape index (κ2) is 11.3. The Morgan fingerprint density at radius 2 is 1.97 bits per heavy atom. The molecule has 0 aromatic heterocycles. The number of aliphatic hydroxyl groups excluding tert-OH is 1. The molecule has 2 unspecified atom stereocenters. The van der Waals surface area contributed by atoms with Crippen molar-refractivity contribution < 1.29 is 14.7 Å². The molecule has 0 aliphatic heterocycles. The summed E-state index contributed by atoms with van der Waals surface area (Å²) in [6.45, 7) is -0.628. The first kappa shape index (κ1) is 24.2. The maximum absolute atomic E-state index is 12.4. The number of rotatable bonds is 8. The fourth-order valence-electron chi connectivity index (χ4n) is 3.61. The van der Waals surface area contributed by atoms with Crippen molar-refractivity contribution in [1.29, 1.82) is 5.41 Å². The van der Waals surface area contributed by atoms with E-state index in [1.165, 1.54) is 5.56 Å². The summed E-state index contributed by atoms with van der Waals surface area (Å²) >= 11 is 0. The summed E-state index contributed by atoms with van der Waals surface area (Å²) in [6, 6.07) is 13.8. The molecule has 2 amide bonds. The molecule has 2 aromatic carbocycles. The Balaban J connectivity index is 0.00000341. The van der Waals surface area contributed by atoms with E-state index in [4.69, 9.17) is 11.1 Å². The van der Waals surface area contributed by atoms with E-state index in [1.54, 1.807) is 24.3 Å². The summed E-state index contributed by atoms with van der Waals surface area (Å²) in [5, 5.41) is 25.5. The molecule has 166 valence electrons. The summed E-state index contributed by atoms with van der Waals surface area (Å²) in [7, 11) is 0. The molecule has 9 heteroatoms. The smallest absolute Gasteiger partial charge is 0.245 e. The number of hydrogen-bond acceptors (Lipinski definition) is 5. The lowest BCUT2D eigenvalue weighted by atomic mass is 9.88. The van der Waals surface area contributed by atoms with E-state index in [-0.39, 0.29) is 36.7 Å². The summed E-state index contributed by atoms with van der Waals surface area (Å²) in [6.07, 6.45) is 2.88. The highest BCUT2D eigenvalue weighted by atomic mass is 35.5. The summed E-state index contributed by atoms with van der Waals surface area (Å²) in [5.74, 6) is -0.866. The van der Waals surface area contributed by atoms with Crippen LogP contribution in [0, 0.1) is 5.41 Å². The van der Waals surface area contributed by atoms with E-state index in [0.29, 0.717) is 11.3 Å². The predicted molar refractivity (Wildman–Crippen MR) is 122 cm³/mol. The van der Waals surface area contributed by atoms with E-state index in [9.17, 15) is 14.7 Å². The van der Waals surface area contributed by atoms with Crippen LogP contribution in [0.25, 0.3) is 0 Å². The number of carbonyl (C=O) groups is 2. The van der Waals surface area contributed by atoms with Crippen LogP contribution in [0.3, 0.4) is 0 Å². The van der Waals surface area contributed by atoms with Crippen LogP contribution in [0.4, 0.5) is 5.69 Å². The van der Waals surface area contributed by atoms with Crippen LogP contribution < -0.4 is 21.7 Å². The van der Waals surface area contributed by atoms with Gasteiger partial charge in [0.15, 0.2) is 0 Å². The highest BCUT2D eigenvalue weighted by Crippen LogP contribution is 2.29. The molecule has 0 fully saturated rings. The standard InChI is InChI=1S/C22H27N5O3.ClH/c23-21(24)15-7-3-8-16(11-15)26-19(13-28)22(30)25-12-20(29)27-18-10-4-6-14-5-1-2-9-17(14)18;/h1-3,5,7-9,11,18-19,26,28H,4,6,10,12-13H2,(H3,23,24)(H,25,30)(H,27,29);1H. The van der Waals surface area contributed by atoms with Crippen molar-refractivity contribution in [2.45, 2.75) is 31.3 Å². The molecule has 0 spiro atoms. The zero-order valence-corrected chi connectivity index (χ0v) is 17.9. The maximum Gasteiger partial charge on any atom is 0.245 e. The normalized spacial score (nSPS) is 15.6. The Hall–Kier alpha value is -3.10. The number of nitrogen functional groups attached to an aromatic ring is 1. The van der Waals surface area contributed by atoms with E-state index >= 15 is 0 Å². The predicted octanol–water partition coefficient (Wildman–Crippen LogP) is 1.48. The highest BCUT2D eigenvalue weighted by Gasteiger charge is 2.22. The molecule has 1 aliphatic carbocycles. The molecule has 0 bridgehead atoms. The summed E-state index contributed by atoms with van der Waals surface area (Å²) < 4.78 is 0. The number of carbonyl (C=O) groups excluding carboxylic acids is 2. The van der Waals surface area contributed by atoms with Gasteiger partial charge in [0.1, 0.15) is 11.9 Å². The van der Waals surface area contributed by atoms with Crippen LogP contribution >= 0.6 is 12.4 Å². The Kier molecular flexibility index (Phi) is 8.84. The molecule has 8 nitrogen and oxygen atoms in total. The lowest BCUT2D eigenvalue weighted by Crippen LogP contribution is -2.46. The van der Waals surface area contributed by atoms with Crippen LogP contribution in [0.15, 0.2) is 48.5 Å². The van der Waals surface area contributed by atoms with Crippen molar-refractivity contribution in [3.05, 3.63) is 65.2 Å². The van der Waals surface area contributed by atoms with Gasteiger partial charge in [0.25, 0.3) is 0 Å². The molecular formula is C22H28ClN5O3. The third-order valence-corrected chi connectivity index (χ3v) is 5.14. The van der Waals surface area contributed by atoms with Crippen molar-refractivity contribution in [3.8, 4) is 0 Å². The number of amidine groups is 1. The van der Waals surface area contributed by atoms with Gasteiger partial charge >= 0.3 is 0 Å². The molecular weight excluding hydrogens is 418 g/mol. The second-order valence-electron chi connectivity index (χ2n) is 7.30. The number of amides is 2. The maximum atomic E-state index is 12.4. The quantitative estimate of drug-likeness (QED) is 0.269. The van der Waals surface area contributed by atoms with Gasteiger partial charge in [0, 0.05) is 11.3 Å². The fraction of sp³-hybridized carbons (Fsp3) is 0.318. The number of nitrogens with one attached hydrogen (secondary N) is 4. The molecule has 31 heavy (non-hydrogen) atoms. The van der Waals surface area contributed by atoms with Crippen molar-refractivity contribution in [3.63, 3.8) is 0 Å². The van der Waals surface area contributed by atoms with Gasteiger partial charge in [0.05, 0.1) is 19.2 Å². The second-order valence-corrected chi connectivity index (χ2v) is 7.30. The highest BCUT2D eigenvalue weighted by molar-refractivity contribution is 5.96. The van der Waals surface area contributed by atoms with Crippen molar-refractivity contribution in [1.82, 2.24) is 10.6 Å². The molecule has 0 saturated carbocycles. The lowest BCUT2D eigenvalue weighted by Gasteiger charge is -2.26. The van der Waals surface area contributed by atoms with E-state index in [0.717, 1.165) is 24.8 Å². The van der Waals surface area contributed by atoms with E-state index in [2.05, 4.69) is 22.0 Å². The van der Waals surface area contributed by atoms with Crippen LogP contribution in [-0.4, -0.2) is 41.9 Å². The first-order valence-electron chi connectivity index (χ1n) is 9.94. The lowest BCUT2D eigenvalue weighted by molar-refractivity contribution is -0.127. The van der Waals surface area contributed by atoms with E-state index < -0.39 is 18.6 Å². The number of aryl methyl sites for hydroxylation is 1. The van der Waals surface area contributed by atoms with Crippen molar-refractivity contribution in [2.75, 3.05) is 18.5 Å². The van der Waals surface area contributed by atoms with Gasteiger partial charge in [-0.1, -0.05) is 36.4 Å². The first-order chi connectivity index (χ1) is 14.5. The number of benzene rings is 2. The molecule has 7 N–H and O–H groups in total. The zero-order valence-electron chi connectivity index (χ0n) is 17.1. The van der Waals surface area contributed by atoms with Gasteiger partial charge in [-0.25, -0.2) is 0 Å². The monoisotopic (exact) mass is 445 g/mol. The molecule has 0 heterocycles. The average molecular weight is 446 g/mol. The third-order valence-electron chi connectivity index (χ3n) is 5.14. The largest absolute Gasteiger partial charge is 0.394 e. The Morgan fingerprint density at radius 1 is 1.19 bits per heavy atom.